The van der Waals surface area contributed by atoms with E-state index in [1.165, 1.54) is 11.1 Å². The topological polar surface area (TPSA) is 12.9 Å². The van der Waals surface area contributed by atoms with Gasteiger partial charge < -0.3 is 0 Å². The summed E-state index contributed by atoms with van der Waals surface area (Å²) in [6, 6.07) is 14.4. The first kappa shape index (κ1) is 10.6. The highest BCUT2D eigenvalue weighted by Gasteiger charge is 1.90. The van der Waals surface area contributed by atoms with Gasteiger partial charge >= 0.3 is 0 Å². The first-order chi connectivity index (χ1) is 7.88. The number of hydrogen-bond acceptors (Lipinski definition) is 1. The van der Waals surface area contributed by atoms with Crippen molar-refractivity contribution in [1.29, 1.82) is 0 Å². The minimum absolute atomic E-state index is 1.00. The molecule has 0 bridgehead atoms. The van der Waals surface area contributed by atoms with Crippen molar-refractivity contribution in [3.05, 3.63) is 65.5 Å². The molecule has 0 spiro atoms. The van der Waals surface area contributed by atoms with Crippen molar-refractivity contribution >= 4 is 12.2 Å². The summed E-state index contributed by atoms with van der Waals surface area (Å²) in [6.45, 7) is 2.14. The molecule has 0 radical (unpaired) electrons. The molecule has 1 heteroatoms. The number of nitrogens with zero attached hydrogens (tertiary/aromatic N) is 1. The zero-order valence-electron chi connectivity index (χ0n) is 9.43. The van der Waals surface area contributed by atoms with E-state index < -0.39 is 0 Å². The number of aryl methyl sites for hydroxylation is 1. The van der Waals surface area contributed by atoms with Crippen LogP contribution in [-0.4, -0.2) is 4.98 Å². The van der Waals surface area contributed by atoms with Crippen LogP contribution in [0.15, 0.2) is 48.7 Å². The Morgan fingerprint density at radius 1 is 1.00 bits per heavy atom. The molecular weight excluding hydrogens is 194 g/mol. The van der Waals surface area contributed by atoms with E-state index >= 15 is 0 Å². The van der Waals surface area contributed by atoms with Crippen molar-refractivity contribution in [2.75, 3.05) is 0 Å². The highest BCUT2D eigenvalue weighted by atomic mass is 14.7. The maximum Gasteiger partial charge on any atom is 0.0630 e. The normalized spacial score (nSPS) is 10.8. The summed E-state index contributed by atoms with van der Waals surface area (Å²) in [5, 5.41) is 0. The van der Waals surface area contributed by atoms with Crippen LogP contribution in [0.4, 0.5) is 0 Å². The van der Waals surface area contributed by atoms with E-state index in [2.05, 4.69) is 42.2 Å². The second-order valence-electron chi connectivity index (χ2n) is 3.69. The summed E-state index contributed by atoms with van der Waals surface area (Å²) >= 11 is 0. The molecule has 1 heterocycles. The Morgan fingerprint density at radius 3 is 2.44 bits per heavy atom. The summed E-state index contributed by atoms with van der Waals surface area (Å²) in [5.41, 5.74) is 3.47. The van der Waals surface area contributed by atoms with E-state index in [0.29, 0.717) is 0 Å². The molecule has 1 nitrogen and oxygen atoms in total. The summed E-state index contributed by atoms with van der Waals surface area (Å²) in [6.07, 6.45) is 7.09. The molecule has 80 valence electrons. The van der Waals surface area contributed by atoms with Gasteiger partial charge in [0.25, 0.3) is 0 Å². The molecule has 0 unspecified atom stereocenters. The minimum Gasteiger partial charge on any atom is -0.257 e. The van der Waals surface area contributed by atoms with Gasteiger partial charge in [-0.2, -0.15) is 0 Å². The Bertz CT molecular complexity index is 455. The largest absolute Gasteiger partial charge is 0.257 e. The Kier molecular flexibility index (Phi) is 3.50. The highest BCUT2D eigenvalue weighted by Crippen LogP contribution is 2.07. The summed E-state index contributed by atoms with van der Waals surface area (Å²) in [4.78, 5) is 4.38. The lowest BCUT2D eigenvalue weighted by molar-refractivity contribution is 1.10. The molecule has 2 aromatic rings. The van der Waals surface area contributed by atoms with Crippen LogP contribution in [0.2, 0.25) is 0 Å². The summed E-state index contributed by atoms with van der Waals surface area (Å²) in [5.74, 6) is 0. The van der Waals surface area contributed by atoms with E-state index in [9.17, 15) is 0 Å². The second kappa shape index (κ2) is 5.26. The van der Waals surface area contributed by atoms with Gasteiger partial charge in [0.05, 0.1) is 5.69 Å². The van der Waals surface area contributed by atoms with Crippen LogP contribution in [-0.2, 0) is 6.42 Å². The molecule has 0 saturated heterocycles. The van der Waals surface area contributed by atoms with Crippen molar-refractivity contribution in [3.63, 3.8) is 0 Å². The molecule has 0 amide bonds. The van der Waals surface area contributed by atoms with E-state index in [1.54, 1.807) is 0 Å². The molecule has 0 aliphatic rings. The monoisotopic (exact) mass is 209 g/mol. The fourth-order valence-electron chi connectivity index (χ4n) is 1.49. The van der Waals surface area contributed by atoms with E-state index in [0.717, 1.165) is 12.1 Å². The van der Waals surface area contributed by atoms with E-state index in [-0.39, 0.29) is 0 Å². The average Bonchev–Trinajstić information content (AvgIpc) is 2.38. The molecule has 1 aromatic carbocycles. The van der Waals surface area contributed by atoms with Crippen LogP contribution in [0.5, 0.6) is 0 Å². The fourth-order valence-corrected chi connectivity index (χ4v) is 1.49. The fraction of sp³-hybridized carbons (Fsp3) is 0.133. The lowest BCUT2D eigenvalue weighted by Gasteiger charge is -1.96. The van der Waals surface area contributed by atoms with Crippen LogP contribution in [0.1, 0.15) is 23.7 Å². The lowest BCUT2D eigenvalue weighted by Crippen LogP contribution is -1.84. The van der Waals surface area contributed by atoms with Gasteiger partial charge in [-0.15, -0.1) is 0 Å². The maximum absolute atomic E-state index is 4.38. The third kappa shape index (κ3) is 2.80. The average molecular weight is 209 g/mol. The van der Waals surface area contributed by atoms with Gasteiger partial charge in [0.2, 0.25) is 0 Å². The molecular formula is C15H15N. The molecule has 16 heavy (non-hydrogen) atoms. The van der Waals surface area contributed by atoms with E-state index in [1.807, 2.05) is 30.5 Å². The van der Waals surface area contributed by atoms with Crippen LogP contribution < -0.4 is 0 Å². The second-order valence-corrected chi connectivity index (χ2v) is 3.69. The number of benzene rings is 1. The SMILES string of the molecule is CCc1ccc(C=Cc2ccccc2)nc1. The number of pyridine rings is 1. The van der Waals surface area contributed by atoms with Gasteiger partial charge in [-0.3, -0.25) is 4.98 Å². The highest BCUT2D eigenvalue weighted by molar-refractivity contribution is 5.67. The molecule has 0 aliphatic heterocycles. The van der Waals surface area contributed by atoms with Crippen molar-refractivity contribution in [2.24, 2.45) is 0 Å². The quantitative estimate of drug-likeness (QED) is 0.749. The van der Waals surface area contributed by atoms with Gasteiger partial charge in [-0.25, -0.2) is 0 Å². The summed E-state index contributed by atoms with van der Waals surface area (Å²) in [7, 11) is 0. The lowest BCUT2D eigenvalue weighted by atomic mass is 10.2. The van der Waals surface area contributed by atoms with Crippen LogP contribution in [0.3, 0.4) is 0 Å². The Balaban J connectivity index is 2.12. The van der Waals surface area contributed by atoms with Crippen molar-refractivity contribution < 1.29 is 0 Å². The van der Waals surface area contributed by atoms with Gasteiger partial charge in [-0.1, -0.05) is 49.4 Å². The molecule has 0 saturated carbocycles. The van der Waals surface area contributed by atoms with Crippen LogP contribution >= 0.6 is 0 Å². The number of aromatic nitrogens is 1. The molecule has 0 atom stereocenters. The smallest absolute Gasteiger partial charge is 0.0630 e. The molecule has 2 rings (SSSR count). The number of rotatable bonds is 3. The van der Waals surface area contributed by atoms with Gasteiger partial charge in [0.15, 0.2) is 0 Å². The van der Waals surface area contributed by atoms with Crippen LogP contribution in [0.25, 0.3) is 12.2 Å². The maximum atomic E-state index is 4.38. The minimum atomic E-state index is 1.00. The Morgan fingerprint density at radius 2 is 1.81 bits per heavy atom. The predicted molar refractivity (Wildman–Crippen MR) is 69.0 cm³/mol. The van der Waals surface area contributed by atoms with Crippen LogP contribution in [0, 0.1) is 0 Å². The molecule has 0 N–H and O–H groups in total. The first-order valence-corrected chi connectivity index (χ1v) is 5.56. The Hall–Kier alpha value is -1.89. The molecule has 1 aromatic heterocycles. The predicted octanol–water partition coefficient (Wildman–Crippen LogP) is 3.81. The number of hydrogen-bond donors (Lipinski definition) is 0. The third-order valence-corrected chi connectivity index (χ3v) is 2.50. The zero-order chi connectivity index (χ0) is 11.2. The molecule has 0 fully saturated rings. The van der Waals surface area contributed by atoms with Gasteiger partial charge in [0.1, 0.15) is 0 Å². The summed E-state index contributed by atoms with van der Waals surface area (Å²) < 4.78 is 0. The first-order valence-electron chi connectivity index (χ1n) is 5.56. The van der Waals surface area contributed by atoms with Crippen molar-refractivity contribution in [1.82, 2.24) is 4.98 Å². The van der Waals surface area contributed by atoms with E-state index in [4.69, 9.17) is 0 Å². The molecule has 0 aliphatic carbocycles. The van der Waals surface area contributed by atoms with Gasteiger partial charge in [0, 0.05) is 6.20 Å². The van der Waals surface area contributed by atoms with Crippen molar-refractivity contribution in [3.8, 4) is 0 Å². The zero-order valence-corrected chi connectivity index (χ0v) is 9.43. The standard InChI is InChI=1S/C15H15N/c1-2-13-8-10-15(16-12-13)11-9-14-6-4-3-5-7-14/h3-12H,2H2,1H3. The third-order valence-electron chi connectivity index (χ3n) is 2.50. The van der Waals surface area contributed by atoms with Gasteiger partial charge in [-0.05, 0) is 29.7 Å². The Labute approximate surface area is 96.5 Å². The van der Waals surface area contributed by atoms with Crippen molar-refractivity contribution in [2.45, 2.75) is 13.3 Å².